The van der Waals surface area contributed by atoms with Crippen LogP contribution in [0.2, 0.25) is 10.0 Å². The van der Waals surface area contributed by atoms with Gasteiger partial charge < -0.3 is 9.63 Å². The Morgan fingerprint density at radius 1 is 1.42 bits per heavy atom. The van der Waals surface area contributed by atoms with Crippen LogP contribution in [0.4, 0.5) is 0 Å². The minimum atomic E-state index is -0.526. The Kier molecular flexibility index (Phi) is 4.39. The lowest BCUT2D eigenvalue weighted by molar-refractivity contribution is 0.129. The van der Waals surface area contributed by atoms with Crippen LogP contribution in [0.5, 0.6) is 0 Å². The predicted octanol–water partition coefficient (Wildman–Crippen LogP) is 3.31. The molecule has 7 heteroatoms. The van der Waals surface area contributed by atoms with Crippen molar-refractivity contribution >= 4 is 23.2 Å². The third-order valence-corrected chi connectivity index (χ3v) is 3.34. The molecule has 2 rings (SSSR count). The Bertz CT molecular complexity index is 574. The van der Waals surface area contributed by atoms with Crippen molar-refractivity contribution in [3.05, 3.63) is 28.2 Å². The summed E-state index contributed by atoms with van der Waals surface area (Å²) in [6.45, 7) is 3.71. The van der Waals surface area contributed by atoms with Crippen LogP contribution in [0.15, 0.2) is 16.8 Å². The molecule has 0 aliphatic rings. The van der Waals surface area contributed by atoms with E-state index < -0.39 is 6.10 Å². The molecule has 0 amide bonds. The SMILES string of the molecule is CCC(O)C(C)c1nc(-c2ncc(Cl)cc2Cl)no1. The molecule has 102 valence electrons. The van der Waals surface area contributed by atoms with Gasteiger partial charge in [-0.2, -0.15) is 4.98 Å². The first kappa shape index (κ1) is 14.2. The summed E-state index contributed by atoms with van der Waals surface area (Å²) in [6.07, 6.45) is 1.55. The molecule has 0 bridgehead atoms. The third-order valence-electron chi connectivity index (χ3n) is 2.85. The number of aliphatic hydroxyl groups excluding tert-OH is 1. The van der Waals surface area contributed by atoms with Crippen molar-refractivity contribution in [2.24, 2.45) is 0 Å². The normalized spacial score (nSPS) is 14.4. The number of rotatable bonds is 4. The minimum absolute atomic E-state index is 0.239. The van der Waals surface area contributed by atoms with Gasteiger partial charge in [-0.25, -0.2) is 4.98 Å². The van der Waals surface area contributed by atoms with Gasteiger partial charge in [-0.3, -0.25) is 0 Å². The minimum Gasteiger partial charge on any atom is -0.392 e. The summed E-state index contributed by atoms with van der Waals surface area (Å²) < 4.78 is 5.14. The predicted molar refractivity (Wildman–Crippen MR) is 72.3 cm³/mol. The summed E-state index contributed by atoms with van der Waals surface area (Å²) in [6, 6.07) is 1.56. The lowest BCUT2D eigenvalue weighted by Crippen LogP contribution is -2.14. The number of pyridine rings is 1. The molecule has 0 fully saturated rings. The van der Waals surface area contributed by atoms with Crippen LogP contribution in [0.1, 0.15) is 32.1 Å². The molecule has 0 spiro atoms. The van der Waals surface area contributed by atoms with Crippen LogP contribution in [-0.2, 0) is 0 Å². The fourth-order valence-corrected chi connectivity index (χ4v) is 2.08. The quantitative estimate of drug-likeness (QED) is 0.938. The first-order valence-corrected chi connectivity index (χ1v) is 6.61. The van der Waals surface area contributed by atoms with E-state index in [-0.39, 0.29) is 11.7 Å². The highest BCUT2D eigenvalue weighted by molar-refractivity contribution is 6.35. The molecule has 2 aromatic heterocycles. The summed E-state index contributed by atoms with van der Waals surface area (Å²) in [4.78, 5) is 8.29. The van der Waals surface area contributed by atoms with Gasteiger partial charge in [0.25, 0.3) is 0 Å². The van der Waals surface area contributed by atoms with Gasteiger partial charge in [0.05, 0.1) is 22.1 Å². The molecular weight excluding hydrogens is 289 g/mol. The number of nitrogens with zero attached hydrogens (tertiary/aromatic N) is 3. The van der Waals surface area contributed by atoms with Gasteiger partial charge in [-0.05, 0) is 12.5 Å². The Labute approximate surface area is 120 Å². The lowest BCUT2D eigenvalue weighted by Gasteiger charge is -2.11. The maximum atomic E-state index is 9.76. The molecular formula is C12H13Cl2N3O2. The van der Waals surface area contributed by atoms with Crippen LogP contribution in [0.25, 0.3) is 11.5 Å². The van der Waals surface area contributed by atoms with Gasteiger partial charge in [0, 0.05) is 6.20 Å². The number of hydrogen-bond acceptors (Lipinski definition) is 5. The summed E-state index contributed by atoms with van der Waals surface area (Å²) in [7, 11) is 0. The van der Waals surface area contributed by atoms with Crippen molar-refractivity contribution in [1.29, 1.82) is 0 Å². The standard InChI is InChI=1S/C12H13Cl2N3O2/c1-3-9(18)6(2)12-16-11(17-19-12)10-8(14)4-7(13)5-15-10/h4-6,9,18H,3H2,1-2H3. The molecule has 0 radical (unpaired) electrons. The highest BCUT2D eigenvalue weighted by Gasteiger charge is 2.22. The van der Waals surface area contributed by atoms with Crippen LogP contribution >= 0.6 is 23.2 Å². The summed E-state index contributed by atoms with van der Waals surface area (Å²) >= 11 is 11.8. The second kappa shape index (κ2) is 5.86. The second-order valence-electron chi connectivity index (χ2n) is 4.20. The zero-order chi connectivity index (χ0) is 14.0. The molecule has 1 N–H and O–H groups in total. The van der Waals surface area contributed by atoms with E-state index in [2.05, 4.69) is 15.1 Å². The average molecular weight is 302 g/mol. The van der Waals surface area contributed by atoms with E-state index >= 15 is 0 Å². The first-order valence-electron chi connectivity index (χ1n) is 5.86. The molecule has 0 aliphatic carbocycles. The van der Waals surface area contributed by atoms with Crippen LogP contribution in [0.3, 0.4) is 0 Å². The van der Waals surface area contributed by atoms with E-state index in [4.69, 9.17) is 27.7 Å². The van der Waals surface area contributed by atoms with Crippen LogP contribution in [0, 0.1) is 0 Å². The summed E-state index contributed by atoms with van der Waals surface area (Å²) in [5.41, 5.74) is 0.402. The van der Waals surface area contributed by atoms with Crippen molar-refractivity contribution in [3.63, 3.8) is 0 Å². The molecule has 2 atom stereocenters. The van der Waals surface area contributed by atoms with Gasteiger partial charge in [-0.1, -0.05) is 42.2 Å². The molecule has 0 aromatic carbocycles. The maximum Gasteiger partial charge on any atom is 0.232 e. The van der Waals surface area contributed by atoms with Crippen LogP contribution in [-0.4, -0.2) is 26.3 Å². The van der Waals surface area contributed by atoms with E-state index in [0.717, 1.165) is 0 Å². The highest BCUT2D eigenvalue weighted by atomic mass is 35.5. The highest BCUT2D eigenvalue weighted by Crippen LogP contribution is 2.27. The monoisotopic (exact) mass is 301 g/mol. The number of aromatic nitrogens is 3. The van der Waals surface area contributed by atoms with Gasteiger partial charge in [0.2, 0.25) is 11.7 Å². The summed E-state index contributed by atoms with van der Waals surface area (Å²) in [5, 5.41) is 14.4. The van der Waals surface area contributed by atoms with E-state index in [1.807, 2.05) is 13.8 Å². The molecule has 0 saturated carbocycles. The number of halogens is 2. The Hall–Kier alpha value is -1.17. The smallest absolute Gasteiger partial charge is 0.232 e. The van der Waals surface area contributed by atoms with Crippen LogP contribution < -0.4 is 0 Å². The molecule has 2 unspecified atom stereocenters. The molecule has 2 heterocycles. The van der Waals surface area contributed by atoms with Gasteiger partial charge in [-0.15, -0.1) is 0 Å². The largest absolute Gasteiger partial charge is 0.392 e. The molecule has 0 saturated heterocycles. The van der Waals surface area contributed by atoms with Crippen molar-refractivity contribution in [2.75, 3.05) is 0 Å². The van der Waals surface area contributed by atoms with Crippen molar-refractivity contribution in [3.8, 4) is 11.5 Å². The number of hydrogen-bond donors (Lipinski definition) is 1. The van der Waals surface area contributed by atoms with Gasteiger partial charge >= 0.3 is 0 Å². The van der Waals surface area contributed by atoms with E-state index in [9.17, 15) is 5.11 Å². The first-order chi connectivity index (χ1) is 9.02. The van der Waals surface area contributed by atoms with E-state index in [1.165, 1.54) is 6.20 Å². The average Bonchev–Trinajstić information content (AvgIpc) is 2.86. The zero-order valence-corrected chi connectivity index (χ0v) is 12.0. The lowest BCUT2D eigenvalue weighted by atomic mass is 10.0. The Morgan fingerprint density at radius 3 is 2.79 bits per heavy atom. The van der Waals surface area contributed by atoms with Gasteiger partial charge in [0.15, 0.2) is 0 Å². The number of aliphatic hydroxyl groups is 1. The topological polar surface area (TPSA) is 72.0 Å². The maximum absolute atomic E-state index is 9.76. The van der Waals surface area contributed by atoms with Gasteiger partial charge in [0.1, 0.15) is 5.69 Å². The van der Waals surface area contributed by atoms with E-state index in [0.29, 0.717) is 28.1 Å². The summed E-state index contributed by atoms with van der Waals surface area (Å²) in [5.74, 6) is 0.404. The fraction of sp³-hybridized carbons (Fsp3) is 0.417. The zero-order valence-electron chi connectivity index (χ0n) is 10.5. The fourth-order valence-electron chi connectivity index (χ4n) is 1.61. The molecule has 19 heavy (non-hydrogen) atoms. The van der Waals surface area contributed by atoms with Crippen molar-refractivity contribution in [2.45, 2.75) is 32.3 Å². The molecule has 2 aromatic rings. The second-order valence-corrected chi connectivity index (χ2v) is 5.05. The van der Waals surface area contributed by atoms with Crippen molar-refractivity contribution < 1.29 is 9.63 Å². The third kappa shape index (κ3) is 3.05. The Balaban J connectivity index is 2.30. The molecule has 5 nitrogen and oxygen atoms in total. The molecule has 0 aliphatic heterocycles. The van der Waals surface area contributed by atoms with E-state index in [1.54, 1.807) is 6.07 Å². The Morgan fingerprint density at radius 2 is 2.16 bits per heavy atom. The van der Waals surface area contributed by atoms with Crippen molar-refractivity contribution in [1.82, 2.24) is 15.1 Å².